The average molecular weight is 263 g/mol. The smallest absolute Gasteiger partial charge is 0.306 e. The number of ether oxygens (including phenoxy) is 1. The number of aryl methyl sites for hydroxylation is 2. The van der Waals surface area contributed by atoms with Gasteiger partial charge in [-0.05, 0) is 31.4 Å². The largest absolute Gasteiger partial charge is 0.469 e. The molecule has 0 spiro atoms. The molecule has 1 amide bonds. The monoisotopic (exact) mass is 263 g/mol. The van der Waals surface area contributed by atoms with Crippen LogP contribution in [-0.2, 0) is 20.7 Å². The number of benzene rings is 1. The zero-order chi connectivity index (χ0) is 14.3. The molecule has 1 rings (SSSR count). The normalized spacial score (nSPS) is 10.1. The van der Waals surface area contributed by atoms with Gasteiger partial charge < -0.3 is 10.1 Å². The molecule has 0 heterocycles. The van der Waals surface area contributed by atoms with Crippen molar-refractivity contribution >= 4 is 11.9 Å². The van der Waals surface area contributed by atoms with Gasteiger partial charge in [-0.2, -0.15) is 0 Å². The molecule has 4 nitrogen and oxygen atoms in total. The van der Waals surface area contributed by atoms with Crippen molar-refractivity contribution in [1.29, 1.82) is 0 Å². The van der Waals surface area contributed by atoms with Crippen LogP contribution in [0.15, 0.2) is 18.2 Å². The van der Waals surface area contributed by atoms with Crippen molar-refractivity contribution in [1.82, 2.24) is 5.32 Å². The van der Waals surface area contributed by atoms with Crippen LogP contribution in [0.4, 0.5) is 0 Å². The lowest BCUT2D eigenvalue weighted by Gasteiger charge is -2.08. The van der Waals surface area contributed by atoms with Crippen molar-refractivity contribution in [3.63, 3.8) is 0 Å². The second kappa shape index (κ2) is 7.56. The third kappa shape index (κ3) is 5.55. The highest BCUT2D eigenvalue weighted by Crippen LogP contribution is 2.10. The number of amides is 1. The molecule has 0 saturated carbocycles. The quantitative estimate of drug-likeness (QED) is 0.798. The van der Waals surface area contributed by atoms with Crippen molar-refractivity contribution < 1.29 is 14.3 Å². The maximum atomic E-state index is 11.5. The van der Waals surface area contributed by atoms with Gasteiger partial charge in [0.25, 0.3) is 0 Å². The zero-order valence-electron chi connectivity index (χ0n) is 11.8. The van der Waals surface area contributed by atoms with E-state index in [1.165, 1.54) is 23.8 Å². The topological polar surface area (TPSA) is 55.4 Å². The summed E-state index contributed by atoms with van der Waals surface area (Å²) in [6.07, 6.45) is 1.11. The van der Waals surface area contributed by atoms with Crippen molar-refractivity contribution in [2.75, 3.05) is 13.7 Å². The standard InChI is InChI=1S/C15H21NO3/c1-11-4-5-13(12(2)10-11)8-9-16-14(17)6-7-15(18)19-3/h4-5,10H,6-9H2,1-3H3,(H,16,17). The molecule has 0 bridgehead atoms. The van der Waals surface area contributed by atoms with Crippen molar-refractivity contribution in [3.8, 4) is 0 Å². The Morgan fingerprint density at radius 1 is 1.21 bits per heavy atom. The molecule has 0 unspecified atom stereocenters. The van der Waals surface area contributed by atoms with Gasteiger partial charge in [-0.25, -0.2) is 0 Å². The summed E-state index contributed by atoms with van der Waals surface area (Å²) in [4.78, 5) is 22.4. The maximum absolute atomic E-state index is 11.5. The minimum absolute atomic E-state index is 0.116. The summed E-state index contributed by atoms with van der Waals surface area (Å²) in [7, 11) is 1.32. The fraction of sp³-hybridized carbons (Fsp3) is 0.467. The van der Waals surface area contributed by atoms with Gasteiger partial charge in [0.15, 0.2) is 0 Å². The Kier molecular flexibility index (Phi) is 6.06. The molecule has 19 heavy (non-hydrogen) atoms. The third-order valence-electron chi connectivity index (χ3n) is 3.00. The molecule has 0 aliphatic rings. The SMILES string of the molecule is COC(=O)CCC(=O)NCCc1ccc(C)cc1C. The number of hydrogen-bond acceptors (Lipinski definition) is 3. The van der Waals surface area contributed by atoms with Crippen LogP contribution in [0.2, 0.25) is 0 Å². The van der Waals surface area contributed by atoms with E-state index in [0.29, 0.717) is 6.54 Å². The second-order valence-corrected chi connectivity index (χ2v) is 4.61. The number of carbonyl (C=O) groups is 2. The molecule has 1 aromatic carbocycles. The Morgan fingerprint density at radius 2 is 1.95 bits per heavy atom. The van der Waals surface area contributed by atoms with E-state index in [9.17, 15) is 9.59 Å². The summed E-state index contributed by atoms with van der Waals surface area (Å²) in [5.74, 6) is -0.473. The zero-order valence-corrected chi connectivity index (χ0v) is 11.8. The molecule has 0 atom stereocenters. The highest BCUT2D eigenvalue weighted by Gasteiger charge is 2.06. The highest BCUT2D eigenvalue weighted by atomic mass is 16.5. The summed E-state index contributed by atoms with van der Waals surface area (Å²) in [6, 6.07) is 6.29. The molecule has 1 aromatic rings. The van der Waals surface area contributed by atoms with E-state index in [0.717, 1.165) is 6.42 Å². The number of methoxy groups -OCH3 is 1. The number of rotatable bonds is 6. The minimum Gasteiger partial charge on any atom is -0.469 e. The van der Waals surface area contributed by atoms with Crippen LogP contribution < -0.4 is 5.32 Å². The van der Waals surface area contributed by atoms with E-state index in [4.69, 9.17) is 0 Å². The molecule has 0 aliphatic carbocycles. The van der Waals surface area contributed by atoms with Crippen molar-refractivity contribution in [3.05, 3.63) is 34.9 Å². The first-order valence-corrected chi connectivity index (χ1v) is 6.42. The van der Waals surface area contributed by atoms with E-state index in [1.54, 1.807) is 0 Å². The third-order valence-corrected chi connectivity index (χ3v) is 3.00. The van der Waals surface area contributed by atoms with E-state index < -0.39 is 0 Å². The van der Waals surface area contributed by atoms with E-state index in [1.807, 2.05) is 0 Å². The number of esters is 1. The lowest BCUT2D eigenvalue weighted by Crippen LogP contribution is -2.26. The first-order chi connectivity index (χ1) is 9.02. The molecule has 4 heteroatoms. The summed E-state index contributed by atoms with van der Waals surface area (Å²) in [5, 5.41) is 2.81. The summed E-state index contributed by atoms with van der Waals surface area (Å²) < 4.78 is 4.48. The van der Waals surface area contributed by atoms with Crippen LogP contribution in [0.3, 0.4) is 0 Å². The predicted octanol–water partition coefficient (Wildman–Crippen LogP) is 1.92. The maximum Gasteiger partial charge on any atom is 0.306 e. The van der Waals surface area contributed by atoms with Gasteiger partial charge >= 0.3 is 5.97 Å². The van der Waals surface area contributed by atoms with Gasteiger partial charge in [0, 0.05) is 13.0 Å². The minimum atomic E-state index is -0.357. The van der Waals surface area contributed by atoms with Crippen molar-refractivity contribution in [2.24, 2.45) is 0 Å². The van der Waals surface area contributed by atoms with Crippen LogP contribution in [0.25, 0.3) is 0 Å². The molecule has 0 radical (unpaired) electrons. The predicted molar refractivity (Wildman–Crippen MR) is 73.9 cm³/mol. The lowest BCUT2D eigenvalue weighted by atomic mass is 10.0. The Labute approximate surface area is 114 Å². The molecule has 1 N–H and O–H groups in total. The fourth-order valence-corrected chi connectivity index (χ4v) is 1.87. The molecule has 0 fully saturated rings. The molecule has 0 saturated heterocycles. The van der Waals surface area contributed by atoms with Crippen LogP contribution in [0, 0.1) is 13.8 Å². The van der Waals surface area contributed by atoms with Crippen LogP contribution >= 0.6 is 0 Å². The molecule has 104 valence electrons. The Bertz CT molecular complexity index is 455. The van der Waals surface area contributed by atoms with Gasteiger partial charge in [0.1, 0.15) is 0 Å². The summed E-state index contributed by atoms with van der Waals surface area (Å²) in [6.45, 7) is 4.72. The molecular formula is C15H21NO3. The van der Waals surface area contributed by atoms with Gasteiger partial charge in [-0.15, -0.1) is 0 Å². The molecule has 0 aromatic heterocycles. The summed E-state index contributed by atoms with van der Waals surface area (Å²) >= 11 is 0. The van der Waals surface area contributed by atoms with Gasteiger partial charge in [0.05, 0.1) is 13.5 Å². The average Bonchev–Trinajstić information content (AvgIpc) is 2.38. The van der Waals surface area contributed by atoms with E-state index in [2.05, 4.69) is 42.1 Å². The van der Waals surface area contributed by atoms with Crippen LogP contribution in [0.5, 0.6) is 0 Å². The molecule has 0 aliphatic heterocycles. The second-order valence-electron chi connectivity index (χ2n) is 4.61. The number of hydrogen-bond donors (Lipinski definition) is 1. The van der Waals surface area contributed by atoms with Crippen LogP contribution in [0.1, 0.15) is 29.5 Å². The highest BCUT2D eigenvalue weighted by molar-refractivity contribution is 5.81. The Balaban J connectivity index is 2.30. The lowest BCUT2D eigenvalue weighted by molar-refractivity contribution is -0.142. The Hall–Kier alpha value is -1.84. The first kappa shape index (κ1) is 15.2. The van der Waals surface area contributed by atoms with Gasteiger partial charge in [-0.1, -0.05) is 23.8 Å². The number of nitrogens with one attached hydrogen (secondary N) is 1. The van der Waals surface area contributed by atoms with E-state index >= 15 is 0 Å². The van der Waals surface area contributed by atoms with Crippen molar-refractivity contribution in [2.45, 2.75) is 33.1 Å². The van der Waals surface area contributed by atoms with E-state index in [-0.39, 0.29) is 24.7 Å². The first-order valence-electron chi connectivity index (χ1n) is 6.42. The molecular weight excluding hydrogens is 242 g/mol. The van der Waals surface area contributed by atoms with Gasteiger partial charge in [-0.3, -0.25) is 9.59 Å². The van der Waals surface area contributed by atoms with Gasteiger partial charge in [0.2, 0.25) is 5.91 Å². The van der Waals surface area contributed by atoms with Crippen LogP contribution in [-0.4, -0.2) is 25.5 Å². The number of carbonyl (C=O) groups excluding carboxylic acids is 2. The summed E-state index contributed by atoms with van der Waals surface area (Å²) in [5.41, 5.74) is 3.71. The Morgan fingerprint density at radius 3 is 2.58 bits per heavy atom. The fourth-order valence-electron chi connectivity index (χ4n) is 1.87.